The Morgan fingerprint density at radius 2 is 1.96 bits per heavy atom. The maximum absolute atomic E-state index is 11.6. The fraction of sp³-hybridized carbons (Fsp3) is 0.261. The molecule has 0 aromatic heterocycles. The van der Waals surface area contributed by atoms with E-state index in [2.05, 4.69) is 31.4 Å². The Labute approximate surface area is 159 Å². The summed E-state index contributed by atoms with van der Waals surface area (Å²) in [5.74, 6) is 0.383. The van der Waals surface area contributed by atoms with E-state index in [9.17, 15) is 9.90 Å². The molecule has 2 aromatic carbocycles. The van der Waals surface area contributed by atoms with Crippen molar-refractivity contribution in [1.82, 2.24) is 0 Å². The average Bonchev–Trinajstić information content (AvgIpc) is 3.08. The number of esters is 1. The van der Waals surface area contributed by atoms with Crippen molar-refractivity contribution in [2.45, 2.75) is 32.0 Å². The number of aliphatic hydroxyl groups excluding tert-OH is 1. The third kappa shape index (κ3) is 4.54. The summed E-state index contributed by atoms with van der Waals surface area (Å²) in [4.78, 5) is 11.6. The van der Waals surface area contributed by atoms with E-state index < -0.39 is 12.3 Å². The zero-order valence-corrected chi connectivity index (χ0v) is 15.5. The lowest BCUT2D eigenvalue weighted by Crippen LogP contribution is -2.13. The van der Waals surface area contributed by atoms with E-state index in [4.69, 9.17) is 9.47 Å². The second-order valence-electron chi connectivity index (χ2n) is 6.80. The predicted molar refractivity (Wildman–Crippen MR) is 106 cm³/mol. The van der Waals surface area contributed by atoms with E-state index in [1.807, 2.05) is 12.1 Å². The molecule has 0 saturated heterocycles. The van der Waals surface area contributed by atoms with E-state index in [0.29, 0.717) is 23.8 Å². The second-order valence-corrected chi connectivity index (χ2v) is 6.80. The number of rotatable bonds is 7. The lowest BCUT2D eigenvalue weighted by atomic mass is 9.97. The van der Waals surface area contributed by atoms with Gasteiger partial charge in [-0.1, -0.05) is 43.5 Å². The van der Waals surface area contributed by atoms with Gasteiger partial charge in [-0.25, -0.2) is 4.79 Å². The Hall–Kier alpha value is -2.69. The molecule has 140 valence electrons. The van der Waals surface area contributed by atoms with Crippen LogP contribution in [-0.4, -0.2) is 24.0 Å². The van der Waals surface area contributed by atoms with Gasteiger partial charge in [0.1, 0.15) is 5.75 Å². The van der Waals surface area contributed by atoms with Gasteiger partial charge >= 0.3 is 5.97 Å². The van der Waals surface area contributed by atoms with Crippen LogP contribution in [0.25, 0.3) is 11.1 Å². The molecule has 0 aliphatic heterocycles. The minimum Gasteiger partial charge on any atom is -0.423 e. The standard InChI is InChI=1S/C23H24O4/c1-4-22(24)26-14-19-6-5-18-13-17(9-12-21(18)19)16-7-10-20(11-8-16)27-23(25)15(2)3/h4,7-13,19,22,24H,1-2,5-6,14H2,3H3. The molecular formula is C23H24O4. The van der Waals surface area contributed by atoms with Crippen LogP contribution >= 0.6 is 0 Å². The highest BCUT2D eigenvalue weighted by Crippen LogP contribution is 2.36. The first-order valence-corrected chi connectivity index (χ1v) is 9.01. The Balaban J connectivity index is 1.71. The smallest absolute Gasteiger partial charge is 0.338 e. The van der Waals surface area contributed by atoms with Crippen molar-refractivity contribution in [2.24, 2.45) is 0 Å². The van der Waals surface area contributed by atoms with Crippen LogP contribution < -0.4 is 4.74 Å². The van der Waals surface area contributed by atoms with E-state index in [1.165, 1.54) is 17.2 Å². The molecule has 4 nitrogen and oxygen atoms in total. The molecule has 2 atom stereocenters. The Bertz CT molecular complexity index is 851. The van der Waals surface area contributed by atoms with Crippen LogP contribution in [0.3, 0.4) is 0 Å². The largest absolute Gasteiger partial charge is 0.423 e. The fourth-order valence-corrected chi connectivity index (χ4v) is 3.25. The molecule has 0 fully saturated rings. The Kier molecular flexibility index (Phi) is 5.89. The molecule has 1 aliphatic rings. The number of benzene rings is 2. The van der Waals surface area contributed by atoms with E-state index in [-0.39, 0.29) is 0 Å². The van der Waals surface area contributed by atoms with Gasteiger partial charge in [-0.05, 0) is 60.2 Å². The summed E-state index contributed by atoms with van der Waals surface area (Å²) in [7, 11) is 0. The molecule has 0 amide bonds. The maximum atomic E-state index is 11.6. The number of aliphatic hydroxyl groups is 1. The van der Waals surface area contributed by atoms with Crippen molar-refractivity contribution in [2.75, 3.05) is 6.61 Å². The summed E-state index contributed by atoms with van der Waals surface area (Å²) in [6.07, 6.45) is 2.48. The SMILES string of the molecule is C=CC(O)OCC1CCc2cc(-c3ccc(OC(=O)C(=C)C)cc3)ccc21. The number of carbonyl (C=O) groups excluding carboxylic acids is 1. The van der Waals surface area contributed by atoms with Crippen LogP contribution in [-0.2, 0) is 16.0 Å². The number of fused-ring (bicyclic) bond motifs is 1. The van der Waals surface area contributed by atoms with Crippen molar-refractivity contribution >= 4 is 5.97 Å². The van der Waals surface area contributed by atoms with E-state index in [0.717, 1.165) is 24.0 Å². The summed E-state index contributed by atoms with van der Waals surface area (Å²) in [6, 6.07) is 13.9. The zero-order valence-electron chi connectivity index (χ0n) is 15.5. The van der Waals surface area contributed by atoms with Crippen molar-refractivity contribution in [3.8, 4) is 16.9 Å². The molecule has 27 heavy (non-hydrogen) atoms. The first-order chi connectivity index (χ1) is 13.0. The molecule has 0 spiro atoms. The summed E-state index contributed by atoms with van der Waals surface area (Å²) in [5, 5.41) is 9.49. The van der Waals surface area contributed by atoms with E-state index >= 15 is 0 Å². The molecule has 0 radical (unpaired) electrons. The van der Waals surface area contributed by atoms with Gasteiger partial charge in [-0.3, -0.25) is 0 Å². The highest BCUT2D eigenvalue weighted by Gasteiger charge is 2.23. The van der Waals surface area contributed by atoms with Gasteiger partial charge in [0.05, 0.1) is 6.61 Å². The van der Waals surface area contributed by atoms with Gasteiger partial charge in [-0.15, -0.1) is 0 Å². The number of carbonyl (C=O) groups is 1. The second kappa shape index (κ2) is 8.33. The molecule has 1 aliphatic carbocycles. The summed E-state index contributed by atoms with van der Waals surface area (Å²) in [5.41, 5.74) is 5.15. The van der Waals surface area contributed by atoms with Gasteiger partial charge in [-0.2, -0.15) is 0 Å². The molecule has 2 aromatic rings. The van der Waals surface area contributed by atoms with E-state index in [1.54, 1.807) is 19.1 Å². The summed E-state index contributed by atoms with van der Waals surface area (Å²) < 4.78 is 10.6. The molecule has 2 unspecified atom stereocenters. The van der Waals surface area contributed by atoms with Crippen LogP contribution in [0.15, 0.2) is 67.3 Å². The fourth-order valence-electron chi connectivity index (χ4n) is 3.25. The van der Waals surface area contributed by atoms with Crippen molar-refractivity contribution < 1.29 is 19.4 Å². The monoisotopic (exact) mass is 364 g/mol. The highest BCUT2D eigenvalue weighted by molar-refractivity contribution is 5.88. The van der Waals surface area contributed by atoms with Crippen LogP contribution in [0, 0.1) is 0 Å². The first kappa shape index (κ1) is 19.1. The van der Waals surface area contributed by atoms with Crippen LogP contribution in [0.1, 0.15) is 30.4 Å². The minimum atomic E-state index is -0.911. The molecule has 0 saturated carbocycles. The molecule has 0 heterocycles. The predicted octanol–water partition coefficient (Wildman–Crippen LogP) is 4.39. The maximum Gasteiger partial charge on any atom is 0.338 e. The van der Waals surface area contributed by atoms with Crippen LogP contribution in [0.5, 0.6) is 5.75 Å². The molecule has 0 bridgehead atoms. The quantitative estimate of drug-likeness (QED) is 0.260. The summed E-state index contributed by atoms with van der Waals surface area (Å²) in [6.45, 7) is 9.21. The Morgan fingerprint density at radius 3 is 2.63 bits per heavy atom. The van der Waals surface area contributed by atoms with Crippen LogP contribution in [0.2, 0.25) is 0 Å². The number of hydrogen-bond acceptors (Lipinski definition) is 4. The third-order valence-electron chi connectivity index (χ3n) is 4.76. The molecular weight excluding hydrogens is 340 g/mol. The van der Waals surface area contributed by atoms with Gasteiger partial charge in [0.15, 0.2) is 6.29 Å². The normalized spacial score (nSPS) is 16.4. The summed E-state index contributed by atoms with van der Waals surface area (Å²) >= 11 is 0. The Morgan fingerprint density at radius 1 is 1.26 bits per heavy atom. The number of aryl methyl sites for hydroxylation is 1. The first-order valence-electron chi connectivity index (χ1n) is 9.01. The van der Waals surface area contributed by atoms with Crippen molar-refractivity contribution in [3.63, 3.8) is 0 Å². The lowest BCUT2D eigenvalue weighted by Gasteiger charge is -2.14. The highest BCUT2D eigenvalue weighted by atomic mass is 16.6. The van der Waals surface area contributed by atoms with Crippen molar-refractivity contribution in [3.05, 3.63) is 78.4 Å². The minimum absolute atomic E-state index is 0.299. The van der Waals surface area contributed by atoms with Gasteiger partial charge in [0, 0.05) is 11.5 Å². The van der Waals surface area contributed by atoms with Crippen molar-refractivity contribution in [1.29, 1.82) is 0 Å². The molecule has 3 rings (SSSR count). The van der Waals surface area contributed by atoms with Gasteiger partial charge < -0.3 is 14.6 Å². The number of ether oxygens (including phenoxy) is 2. The third-order valence-corrected chi connectivity index (χ3v) is 4.76. The lowest BCUT2D eigenvalue weighted by molar-refractivity contribution is -0.130. The van der Waals surface area contributed by atoms with Crippen LogP contribution in [0.4, 0.5) is 0 Å². The number of hydrogen-bond donors (Lipinski definition) is 1. The zero-order chi connectivity index (χ0) is 19.4. The topological polar surface area (TPSA) is 55.8 Å². The van der Waals surface area contributed by atoms with Gasteiger partial charge in [0.25, 0.3) is 0 Å². The average molecular weight is 364 g/mol. The molecule has 4 heteroatoms. The molecule has 1 N–H and O–H groups in total. The van der Waals surface area contributed by atoms with Gasteiger partial charge in [0.2, 0.25) is 0 Å².